The fraction of sp³-hybridized carbons (Fsp3) is 0.303. The van der Waals surface area contributed by atoms with E-state index in [9.17, 15) is 24.6 Å². The molecule has 10 nitrogen and oxygen atoms in total. The number of nitrogens with one attached hydrogen (secondary N) is 4. The van der Waals surface area contributed by atoms with Crippen LogP contribution < -0.4 is 27.1 Å². The van der Waals surface area contributed by atoms with E-state index in [4.69, 9.17) is 5.73 Å². The molecule has 1 aliphatic heterocycles. The van der Waals surface area contributed by atoms with Gasteiger partial charge in [-0.25, -0.2) is 0 Å². The second-order valence-corrected chi connectivity index (χ2v) is 11.4. The third-order valence-corrected chi connectivity index (χ3v) is 8.23. The van der Waals surface area contributed by atoms with Crippen molar-refractivity contribution in [2.24, 2.45) is 5.73 Å². The van der Waals surface area contributed by atoms with Crippen LogP contribution >= 0.6 is 0 Å². The van der Waals surface area contributed by atoms with Crippen LogP contribution in [0.5, 0.6) is 0 Å². The Hall–Kier alpha value is -4.83. The van der Waals surface area contributed by atoms with Crippen LogP contribution in [0.1, 0.15) is 75.9 Å². The number of aliphatic carboxylic acids is 2. The average Bonchev–Trinajstić information content (AvgIpc) is 3.63. The number of aromatic amines is 4. The van der Waals surface area contributed by atoms with E-state index in [1.54, 1.807) is 6.92 Å². The third-order valence-electron chi connectivity index (χ3n) is 8.23. The van der Waals surface area contributed by atoms with Crippen molar-refractivity contribution in [2.45, 2.75) is 66.3 Å². The number of aromatic nitrogens is 4. The van der Waals surface area contributed by atoms with Crippen molar-refractivity contribution in [3.8, 4) is 0 Å². The highest BCUT2D eigenvalue weighted by Crippen LogP contribution is 2.23. The highest BCUT2D eigenvalue weighted by molar-refractivity contribution is 6.22. The SMILES string of the molecule is Cc1cc2[nH]c1C=c1[nH]c(c(CCC(=O)O)c1C)=Cc1[nH]c(c(C)c1CCC(=O)O)C=c1cc(C)c([nH]1)=C2C(=O)[C@H](C)N. The second kappa shape index (κ2) is 11.4. The van der Waals surface area contributed by atoms with E-state index in [-0.39, 0.29) is 18.6 Å². The van der Waals surface area contributed by atoms with E-state index in [0.717, 1.165) is 66.5 Å². The number of fused-ring (bicyclic) bond motifs is 8. The van der Waals surface area contributed by atoms with Crippen molar-refractivity contribution < 1.29 is 24.6 Å². The minimum absolute atomic E-state index is 0.0364. The van der Waals surface area contributed by atoms with Crippen LogP contribution in [0.4, 0.5) is 0 Å². The molecular weight excluding hydrogens is 546 g/mol. The summed E-state index contributed by atoms with van der Waals surface area (Å²) < 4.78 is 0. The Morgan fingerprint density at radius 1 is 0.744 bits per heavy atom. The largest absolute Gasteiger partial charge is 0.481 e. The predicted octanol–water partition coefficient (Wildman–Crippen LogP) is 1.18. The first-order chi connectivity index (χ1) is 20.3. The maximum Gasteiger partial charge on any atom is 0.303 e. The highest BCUT2D eigenvalue weighted by atomic mass is 16.4. The molecule has 0 fully saturated rings. The number of ketones is 1. The molecule has 1 aliphatic rings. The van der Waals surface area contributed by atoms with Crippen molar-refractivity contribution >= 4 is 41.5 Å². The summed E-state index contributed by atoms with van der Waals surface area (Å²) in [6.45, 7) is 9.48. The average molecular weight is 584 g/mol. The van der Waals surface area contributed by atoms with Gasteiger partial charge >= 0.3 is 11.9 Å². The fourth-order valence-electron chi connectivity index (χ4n) is 5.84. The number of carboxylic acid groups (broad SMARTS) is 2. The molecule has 224 valence electrons. The number of rotatable bonds is 8. The first kappa shape index (κ1) is 29.7. The summed E-state index contributed by atoms with van der Waals surface area (Å²) in [4.78, 5) is 50.4. The molecule has 0 saturated carbocycles. The first-order valence-electron chi connectivity index (χ1n) is 14.3. The summed E-state index contributed by atoms with van der Waals surface area (Å²) in [5, 5.41) is 21.9. The number of carbonyl (C=O) groups is 3. The van der Waals surface area contributed by atoms with Gasteiger partial charge in [0, 0.05) is 46.0 Å². The number of hydrogen-bond donors (Lipinski definition) is 7. The lowest BCUT2D eigenvalue weighted by Crippen LogP contribution is -2.32. The zero-order chi connectivity index (χ0) is 31.2. The molecule has 4 aromatic heterocycles. The Morgan fingerprint density at radius 3 is 2.05 bits per heavy atom. The summed E-state index contributed by atoms with van der Waals surface area (Å²) in [5.41, 5.74) is 14.9. The lowest BCUT2D eigenvalue weighted by Gasteiger charge is -2.08. The van der Waals surface area contributed by atoms with Gasteiger partial charge in [0.2, 0.25) is 0 Å². The number of hydrogen-bond acceptors (Lipinski definition) is 4. The van der Waals surface area contributed by atoms with Crippen LogP contribution in [-0.2, 0) is 27.2 Å². The van der Waals surface area contributed by atoms with Crippen LogP contribution in [-0.4, -0.2) is 53.9 Å². The van der Waals surface area contributed by atoms with Crippen LogP contribution in [0, 0.1) is 27.7 Å². The van der Waals surface area contributed by atoms with Gasteiger partial charge in [0.1, 0.15) is 0 Å². The van der Waals surface area contributed by atoms with Crippen molar-refractivity contribution in [2.75, 3.05) is 0 Å². The molecule has 0 aromatic carbocycles. The Labute approximate surface area is 247 Å². The van der Waals surface area contributed by atoms with Crippen molar-refractivity contribution in [1.82, 2.24) is 19.9 Å². The molecule has 0 radical (unpaired) electrons. The van der Waals surface area contributed by atoms with E-state index >= 15 is 0 Å². The number of Topliss-reactive ketones (excluding diaryl/α,β-unsaturated/α-hetero) is 1. The van der Waals surface area contributed by atoms with Gasteiger partial charge in [-0.15, -0.1) is 0 Å². The Balaban J connectivity index is 1.91. The highest BCUT2D eigenvalue weighted by Gasteiger charge is 2.22. The molecular formula is C33H37N5O5. The standard InChI is InChI=1S/C33H37N5O5/c1-15-11-28-31(33(43)19(5)34)32-16(2)10-20(35-32)12-24-17(3)21(6-8-29(39)40)26(37-24)14-27-22(7-9-30(41)42)18(4)25(38-27)13-23(15)36-28/h10-14,19,35-38H,6-9,34H2,1-5H3,(H,39,40)(H,41,42)/t19-/m0/s1. The zero-order valence-corrected chi connectivity index (χ0v) is 25.0. The summed E-state index contributed by atoms with van der Waals surface area (Å²) in [6, 6.07) is 3.18. The quantitative estimate of drug-likeness (QED) is 0.164. The maximum atomic E-state index is 13.5. The van der Waals surface area contributed by atoms with E-state index in [2.05, 4.69) is 19.9 Å². The Morgan fingerprint density at radius 2 is 1.40 bits per heavy atom. The van der Waals surface area contributed by atoms with Crippen LogP contribution in [0.3, 0.4) is 0 Å². The van der Waals surface area contributed by atoms with Gasteiger partial charge in [-0.2, -0.15) is 0 Å². The fourth-order valence-corrected chi connectivity index (χ4v) is 5.84. The summed E-state index contributed by atoms with van der Waals surface area (Å²) in [7, 11) is 0. The molecule has 1 atom stereocenters. The predicted molar refractivity (Wildman–Crippen MR) is 164 cm³/mol. The third kappa shape index (κ3) is 5.78. The monoisotopic (exact) mass is 583 g/mol. The topological polar surface area (TPSA) is 181 Å². The number of carboxylic acids is 2. The molecule has 0 amide bonds. The molecule has 5 heterocycles. The molecule has 0 saturated heterocycles. The van der Waals surface area contributed by atoms with Gasteiger partial charge in [0.15, 0.2) is 5.78 Å². The molecule has 5 rings (SSSR count). The van der Waals surface area contributed by atoms with Gasteiger partial charge in [-0.1, -0.05) is 0 Å². The molecule has 0 unspecified atom stereocenters. The summed E-state index contributed by atoms with van der Waals surface area (Å²) in [5.74, 6) is -1.99. The van der Waals surface area contributed by atoms with Crippen molar-refractivity contribution in [3.05, 3.63) is 89.7 Å². The molecule has 43 heavy (non-hydrogen) atoms. The van der Waals surface area contributed by atoms with E-state index < -0.39 is 18.0 Å². The lowest BCUT2D eigenvalue weighted by molar-refractivity contribution is -0.138. The van der Waals surface area contributed by atoms with Gasteiger partial charge < -0.3 is 35.9 Å². The van der Waals surface area contributed by atoms with Crippen LogP contribution in [0.2, 0.25) is 0 Å². The summed E-state index contributed by atoms with van der Waals surface area (Å²) in [6.07, 6.45) is 6.42. The second-order valence-electron chi connectivity index (χ2n) is 11.4. The molecule has 0 spiro atoms. The first-order valence-corrected chi connectivity index (χ1v) is 14.3. The minimum atomic E-state index is -0.891. The molecule has 4 aromatic rings. The lowest BCUT2D eigenvalue weighted by atomic mass is 10.0. The van der Waals surface area contributed by atoms with E-state index in [1.165, 1.54) is 0 Å². The number of nitrogens with two attached hydrogens (primary N) is 1. The maximum absolute atomic E-state index is 13.5. The summed E-state index contributed by atoms with van der Waals surface area (Å²) >= 11 is 0. The number of aryl methyl sites for hydroxylation is 2. The Bertz CT molecular complexity index is 2030. The van der Waals surface area contributed by atoms with Gasteiger partial charge in [-0.3, -0.25) is 14.4 Å². The number of carbonyl (C=O) groups excluding carboxylic acids is 1. The Kier molecular flexibility index (Phi) is 7.90. The van der Waals surface area contributed by atoms with E-state index in [1.807, 2.05) is 58.1 Å². The minimum Gasteiger partial charge on any atom is -0.481 e. The molecule has 0 aliphatic carbocycles. The van der Waals surface area contributed by atoms with Crippen molar-refractivity contribution in [3.63, 3.8) is 0 Å². The number of H-pyrrole nitrogens is 4. The van der Waals surface area contributed by atoms with Crippen molar-refractivity contribution in [1.29, 1.82) is 0 Å². The molecule has 8 bridgehead atoms. The van der Waals surface area contributed by atoms with Crippen LogP contribution in [0.25, 0.3) is 23.8 Å². The zero-order valence-electron chi connectivity index (χ0n) is 25.0. The van der Waals surface area contributed by atoms with Gasteiger partial charge in [0.05, 0.1) is 22.7 Å². The smallest absolute Gasteiger partial charge is 0.303 e. The molecule has 10 heteroatoms. The molecule has 8 N–H and O–H groups in total. The van der Waals surface area contributed by atoms with Crippen LogP contribution in [0.15, 0.2) is 12.1 Å². The normalized spacial score (nSPS) is 13.2. The van der Waals surface area contributed by atoms with Gasteiger partial charge in [-0.05, 0) is 111 Å². The van der Waals surface area contributed by atoms with E-state index in [0.29, 0.717) is 29.5 Å². The van der Waals surface area contributed by atoms with Gasteiger partial charge in [0.25, 0.3) is 0 Å².